The highest BCUT2D eigenvalue weighted by Gasteiger charge is 2.15. The molecule has 0 fully saturated rings. The first kappa shape index (κ1) is 15.0. The molecule has 0 bridgehead atoms. The lowest BCUT2D eigenvalue weighted by atomic mass is 10.0. The zero-order valence-electron chi connectivity index (χ0n) is 10.9. The molecule has 1 unspecified atom stereocenters. The van der Waals surface area contributed by atoms with Crippen LogP contribution in [0, 0.1) is 5.92 Å². The first-order chi connectivity index (χ1) is 8.42. The predicted octanol–water partition coefficient (Wildman–Crippen LogP) is 2.77. The van der Waals surface area contributed by atoms with Crippen LogP contribution in [-0.4, -0.2) is 19.1 Å². The van der Waals surface area contributed by atoms with E-state index in [9.17, 15) is 4.79 Å². The topological polar surface area (TPSA) is 64.3 Å². The van der Waals surface area contributed by atoms with Gasteiger partial charge in [0.1, 0.15) is 5.75 Å². The first-order valence-corrected chi connectivity index (χ1v) is 6.62. The second kappa shape index (κ2) is 6.75. The van der Waals surface area contributed by atoms with E-state index in [1.54, 1.807) is 13.2 Å². The summed E-state index contributed by atoms with van der Waals surface area (Å²) < 4.78 is 5.97. The van der Waals surface area contributed by atoms with E-state index in [4.69, 9.17) is 10.5 Å². The van der Waals surface area contributed by atoms with E-state index in [1.165, 1.54) is 0 Å². The van der Waals surface area contributed by atoms with Crippen molar-refractivity contribution in [3.05, 3.63) is 22.7 Å². The van der Waals surface area contributed by atoms with Crippen molar-refractivity contribution in [2.75, 3.05) is 12.4 Å². The van der Waals surface area contributed by atoms with Crippen LogP contribution in [0.15, 0.2) is 22.7 Å². The highest BCUT2D eigenvalue weighted by atomic mass is 79.9. The summed E-state index contributed by atoms with van der Waals surface area (Å²) in [4.78, 5) is 11.9. The number of ether oxygens (including phenoxy) is 1. The highest BCUT2D eigenvalue weighted by molar-refractivity contribution is 9.10. The molecule has 3 N–H and O–H groups in total. The van der Waals surface area contributed by atoms with Gasteiger partial charge in [0.15, 0.2) is 0 Å². The minimum atomic E-state index is -0.491. The van der Waals surface area contributed by atoms with Crippen LogP contribution >= 0.6 is 15.9 Å². The van der Waals surface area contributed by atoms with Crippen molar-refractivity contribution in [3.8, 4) is 5.75 Å². The summed E-state index contributed by atoms with van der Waals surface area (Å²) >= 11 is 3.36. The van der Waals surface area contributed by atoms with E-state index in [2.05, 4.69) is 21.2 Å². The van der Waals surface area contributed by atoms with Gasteiger partial charge in [-0.25, -0.2) is 0 Å². The number of nitrogens with one attached hydrogen (secondary N) is 1. The number of nitrogens with two attached hydrogens (primary N) is 1. The van der Waals surface area contributed by atoms with Gasteiger partial charge in [0.05, 0.1) is 13.2 Å². The van der Waals surface area contributed by atoms with Crippen LogP contribution in [0.1, 0.15) is 20.3 Å². The molecular weight excluding hydrogens is 296 g/mol. The van der Waals surface area contributed by atoms with Gasteiger partial charge in [-0.3, -0.25) is 4.79 Å². The average Bonchev–Trinajstić information content (AvgIpc) is 2.27. The first-order valence-electron chi connectivity index (χ1n) is 5.83. The Morgan fingerprint density at radius 3 is 2.67 bits per heavy atom. The van der Waals surface area contributed by atoms with Crippen molar-refractivity contribution in [1.82, 2.24) is 0 Å². The Morgan fingerprint density at radius 2 is 2.11 bits per heavy atom. The van der Waals surface area contributed by atoms with E-state index in [0.717, 1.165) is 4.47 Å². The van der Waals surface area contributed by atoms with Crippen molar-refractivity contribution >= 4 is 27.5 Å². The van der Waals surface area contributed by atoms with Gasteiger partial charge >= 0.3 is 0 Å². The maximum Gasteiger partial charge on any atom is 0.241 e. The third-order valence-electron chi connectivity index (χ3n) is 2.44. The van der Waals surface area contributed by atoms with Gasteiger partial charge in [0.2, 0.25) is 5.91 Å². The van der Waals surface area contributed by atoms with Crippen LogP contribution in [-0.2, 0) is 4.79 Å². The van der Waals surface area contributed by atoms with Crippen LogP contribution in [0.25, 0.3) is 0 Å². The summed E-state index contributed by atoms with van der Waals surface area (Å²) in [6, 6.07) is 4.90. The molecule has 1 rings (SSSR count). The largest absolute Gasteiger partial charge is 0.497 e. The number of carbonyl (C=O) groups is 1. The number of methoxy groups -OCH3 is 1. The molecule has 0 aliphatic rings. The SMILES string of the molecule is COc1cc(Br)cc(NC(=O)C(N)CC(C)C)c1. The van der Waals surface area contributed by atoms with Gasteiger partial charge in [-0.2, -0.15) is 0 Å². The molecule has 0 radical (unpaired) electrons. The van der Waals surface area contributed by atoms with Gasteiger partial charge in [0.25, 0.3) is 0 Å². The number of carbonyl (C=O) groups excluding carboxylic acids is 1. The Morgan fingerprint density at radius 1 is 1.44 bits per heavy atom. The van der Waals surface area contributed by atoms with Crippen LogP contribution in [0.2, 0.25) is 0 Å². The van der Waals surface area contributed by atoms with Gasteiger partial charge < -0.3 is 15.8 Å². The molecule has 1 atom stereocenters. The van der Waals surface area contributed by atoms with Crippen molar-refractivity contribution < 1.29 is 9.53 Å². The molecule has 0 spiro atoms. The molecule has 1 amide bonds. The second-order valence-corrected chi connectivity index (χ2v) is 5.52. The number of rotatable bonds is 5. The van der Waals surface area contributed by atoms with Crippen molar-refractivity contribution in [2.45, 2.75) is 26.3 Å². The summed E-state index contributed by atoms with van der Waals surface area (Å²) in [5, 5.41) is 2.79. The van der Waals surface area contributed by atoms with E-state index in [0.29, 0.717) is 23.8 Å². The molecular formula is C13H19BrN2O2. The minimum Gasteiger partial charge on any atom is -0.497 e. The van der Waals surface area contributed by atoms with Crippen LogP contribution in [0.4, 0.5) is 5.69 Å². The summed E-state index contributed by atoms with van der Waals surface area (Å²) in [5.41, 5.74) is 6.49. The van der Waals surface area contributed by atoms with Crippen LogP contribution < -0.4 is 15.8 Å². The summed E-state index contributed by atoms with van der Waals surface area (Å²) in [6.07, 6.45) is 0.664. The number of hydrogen-bond donors (Lipinski definition) is 2. The maximum atomic E-state index is 11.9. The number of anilines is 1. The number of benzene rings is 1. The Labute approximate surface area is 116 Å². The minimum absolute atomic E-state index is 0.177. The average molecular weight is 315 g/mol. The smallest absolute Gasteiger partial charge is 0.241 e. The lowest BCUT2D eigenvalue weighted by molar-refractivity contribution is -0.117. The standard InChI is InChI=1S/C13H19BrN2O2/c1-8(2)4-12(15)13(17)16-10-5-9(14)6-11(7-10)18-3/h5-8,12H,4,15H2,1-3H3,(H,16,17). The molecule has 1 aromatic rings. The highest BCUT2D eigenvalue weighted by Crippen LogP contribution is 2.24. The fourth-order valence-electron chi connectivity index (χ4n) is 1.60. The molecule has 18 heavy (non-hydrogen) atoms. The fourth-order valence-corrected chi connectivity index (χ4v) is 2.07. The molecule has 0 saturated heterocycles. The second-order valence-electron chi connectivity index (χ2n) is 4.61. The number of amides is 1. The van der Waals surface area contributed by atoms with Gasteiger partial charge in [-0.05, 0) is 24.5 Å². The zero-order valence-corrected chi connectivity index (χ0v) is 12.5. The zero-order chi connectivity index (χ0) is 13.7. The quantitative estimate of drug-likeness (QED) is 0.878. The fraction of sp³-hybridized carbons (Fsp3) is 0.462. The monoisotopic (exact) mass is 314 g/mol. The van der Waals surface area contributed by atoms with E-state index < -0.39 is 6.04 Å². The summed E-state index contributed by atoms with van der Waals surface area (Å²) in [6.45, 7) is 4.07. The Kier molecular flexibility index (Phi) is 5.62. The van der Waals surface area contributed by atoms with Crippen LogP contribution in [0.3, 0.4) is 0 Å². The molecule has 0 aromatic heterocycles. The van der Waals surface area contributed by atoms with E-state index in [-0.39, 0.29) is 5.91 Å². The third kappa shape index (κ3) is 4.66. The Hall–Kier alpha value is -1.07. The summed E-state index contributed by atoms with van der Waals surface area (Å²) in [7, 11) is 1.58. The van der Waals surface area contributed by atoms with Crippen LogP contribution in [0.5, 0.6) is 5.75 Å². The molecule has 5 heteroatoms. The molecule has 0 heterocycles. The van der Waals surface area contributed by atoms with Crippen molar-refractivity contribution in [3.63, 3.8) is 0 Å². The maximum absolute atomic E-state index is 11.9. The number of halogens is 1. The summed E-state index contributed by atoms with van der Waals surface area (Å²) in [5.74, 6) is 0.892. The number of hydrogen-bond acceptors (Lipinski definition) is 3. The molecule has 0 aliphatic carbocycles. The van der Waals surface area contributed by atoms with Gasteiger partial charge in [-0.15, -0.1) is 0 Å². The van der Waals surface area contributed by atoms with Crippen molar-refractivity contribution in [2.24, 2.45) is 11.7 Å². The molecule has 4 nitrogen and oxygen atoms in total. The predicted molar refractivity (Wildman–Crippen MR) is 76.8 cm³/mol. The Bertz CT molecular complexity index is 421. The molecule has 100 valence electrons. The van der Waals surface area contributed by atoms with E-state index in [1.807, 2.05) is 26.0 Å². The lowest BCUT2D eigenvalue weighted by Crippen LogP contribution is -2.36. The van der Waals surface area contributed by atoms with E-state index >= 15 is 0 Å². The Balaban J connectivity index is 2.72. The normalized spacial score (nSPS) is 12.3. The third-order valence-corrected chi connectivity index (χ3v) is 2.89. The lowest BCUT2D eigenvalue weighted by Gasteiger charge is -2.14. The van der Waals surface area contributed by atoms with Crippen molar-refractivity contribution in [1.29, 1.82) is 0 Å². The molecule has 1 aromatic carbocycles. The molecule has 0 aliphatic heterocycles. The molecule has 0 saturated carbocycles. The van der Waals surface area contributed by atoms with Gasteiger partial charge in [-0.1, -0.05) is 29.8 Å². The van der Waals surface area contributed by atoms with Gasteiger partial charge in [0, 0.05) is 16.2 Å².